The van der Waals surface area contributed by atoms with Crippen LogP contribution in [0.1, 0.15) is 11.6 Å². The maximum Gasteiger partial charge on any atom is 0.358 e. The molecule has 2 aromatic carbocycles. The van der Waals surface area contributed by atoms with E-state index in [0.717, 1.165) is 0 Å². The van der Waals surface area contributed by atoms with E-state index in [4.69, 9.17) is 5.73 Å². The lowest BCUT2D eigenvalue weighted by Gasteiger charge is -2.07. The fourth-order valence-electron chi connectivity index (χ4n) is 1.46. The number of carbonyl (C=O) groups is 1. The number of hydrogen-bond donors (Lipinski definition) is 1. The van der Waals surface area contributed by atoms with Crippen LogP contribution in [-0.4, -0.2) is 5.97 Å². The second-order valence-corrected chi connectivity index (χ2v) is 3.82. The molecule has 2 rings (SSSR count). The van der Waals surface area contributed by atoms with Gasteiger partial charge in [-0.15, -0.1) is 5.11 Å². The van der Waals surface area contributed by atoms with E-state index in [-0.39, 0.29) is 0 Å². The third-order valence-electron chi connectivity index (χ3n) is 2.46. The number of nitrogens with zero attached hydrogens (tertiary/aromatic N) is 2. The Balaban J connectivity index is 1.93. The van der Waals surface area contributed by atoms with E-state index in [1.807, 2.05) is 24.3 Å². The molecule has 0 aliphatic heterocycles. The Hall–Kier alpha value is -2.53. The summed E-state index contributed by atoms with van der Waals surface area (Å²) >= 11 is 0. The molecule has 0 aliphatic rings. The normalized spacial score (nSPS) is 12.3. The van der Waals surface area contributed by atoms with E-state index in [1.165, 1.54) is 0 Å². The van der Waals surface area contributed by atoms with Gasteiger partial charge in [-0.1, -0.05) is 48.5 Å². The average Bonchev–Trinajstić information content (AvgIpc) is 2.48. The summed E-state index contributed by atoms with van der Waals surface area (Å²) in [5, 5.41) is 7.13. The highest BCUT2D eigenvalue weighted by Gasteiger charge is 2.17. The zero-order chi connectivity index (χ0) is 13.5. The summed E-state index contributed by atoms with van der Waals surface area (Å²) in [5.74, 6) is -0.647. The van der Waals surface area contributed by atoms with Crippen LogP contribution in [0.25, 0.3) is 0 Å². The van der Waals surface area contributed by atoms with E-state index in [1.54, 1.807) is 36.4 Å². The standard InChI is InChI=1S/C14H13N3O2/c15-13(11-7-3-1-4-8-11)14(18)19-17-16-12-9-5-2-6-10-12/h1-10,13H,15H2. The first-order valence-electron chi connectivity index (χ1n) is 5.75. The van der Waals surface area contributed by atoms with Gasteiger partial charge in [0.25, 0.3) is 0 Å². The minimum absolute atomic E-state index is 0.601. The van der Waals surface area contributed by atoms with Crippen molar-refractivity contribution in [3.63, 3.8) is 0 Å². The molecule has 19 heavy (non-hydrogen) atoms. The molecule has 1 atom stereocenters. The van der Waals surface area contributed by atoms with Crippen molar-refractivity contribution in [2.45, 2.75) is 6.04 Å². The van der Waals surface area contributed by atoms with Crippen LogP contribution in [0.2, 0.25) is 0 Å². The quantitative estimate of drug-likeness (QED) is 0.674. The molecule has 2 aromatic rings. The zero-order valence-corrected chi connectivity index (χ0v) is 10.1. The van der Waals surface area contributed by atoms with Crippen LogP contribution < -0.4 is 5.73 Å². The largest absolute Gasteiger partial charge is 0.358 e. The van der Waals surface area contributed by atoms with Gasteiger partial charge in [-0.05, 0) is 17.7 Å². The smallest absolute Gasteiger partial charge is 0.315 e. The molecule has 0 fully saturated rings. The van der Waals surface area contributed by atoms with Gasteiger partial charge >= 0.3 is 5.97 Å². The molecule has 0 amide bonds. The Kier molecular flexibility index (Phi) is 4.36. The first-order chi connectivity index (χ1) is 9.27. The molecule has 5 heteroatoms. The topological polar surface area (TPSA) is 77.0 Å². The Morgan fingerprint density at radius 2 is 1.58 bits per heavy atom. The lowest BCUT2D eigenvalue weighted by molar-refractivity contribution is -0.146. The van der Waals surface area contributed by atoms with Crippen LogP contribution in [0.4, 0.5) is 5.69 Å². The van der Waals surface area contributed by atoms with Gasteiger partial charge in [0.1, 0.15) is 6.04 Å². The fraction of sp³-hybridized carbons (Fsp3) is 0.0714. The van der Waals surface area contributed by atoms with Gasteiger partial charge in [-0.25, -0.2) is 4.79 Å². The van der Waals surface area contributed by atoms with Crippen molar-refractivity contribution in [1.29, 1.82) is 0 Å². The van der Waals surface area contributed by atoms with E-state index in [0.29, 0.717) is 11.3 Å². The molecule has 0 saturated carbocycles. The molecular weight excluding hydrogens is 242 g/mol. The van der Waals surface area contributed by atoms with Crippen LogP contribution in [0.5, 0.6) is 0 Å². The summed E-state index contributed by atoms with van der Waals surface area (Å²) in [7, 11) is 0. The monoisotopic (exact) mass is 255 g/mol. The summed E-state index contributed by atoms with van der Waals surface area (Å²) in [5.41, 5.74) is 7.01. The van der Waals surface area contributed by atoms with Gasteiger partial charge in [-0.3, -0.25) is 4.84 Å². The van der Waals surface area contributed by atoms with Crippen molar-refractivity contribution in [2.75, 3.05) is 0 Å². The van der Waals surface area contributed by atoms with Crippen molar-refractivity contribution < 1.29 is 9.63 Å². The number of benzene rings is 2. The first-order valence-corrected chi connectivity index (χ1v) is 5.75. The van der Waals surface area contributed by atoms with Crippen LogP contribution in [0.15, 0.2) is 71.1 Å². The first kappa shape index (κ1) is 12.9. The van der Waals surface area contributed by atoms with Crippen molar-refractivity contribution in [1.82, 2.24) is 0 Å². The molecule has 0 heterocycles. The lowest BCUT2D eigenvalue weighted by atomic mass is 10.1. The van der Waals surface area contributed by atoms with Crippen molar-refractivity contribution >= 4 is 11.7 Å². The van der Waals surface area contributed by atoms with Crippen LogP contribution in [0, 0.1) is 0 Å². The van der Waals surface area contributed by atoms with Crippen LogP contribution in [0.3, 0.4) is 0 Å². The predicted molar refractivity (Wildman–Crippen MR) is 70.4 cm³/mol. The summed E-state index contributed by atoms with van der Waals surface area (Å²) < 4.78 is 0. The predicted octanol–water partition coefficient (Wildman–Crippen LogP) is 2.93. The molecule has 96 valence electrons. The van der Waals surface area contributed by atoms with Crippen molar-refractivity contribution in [3.8, 4) is 0 Å². The number of rotatable bonds is 4. The zero-order valence-electron chi connectivity index (χ0n) is 10.1. The number of carbonyl (C=O) groups excluding carboxylic acids is 1. The number of nitrogens with two attached hydrogens (primary N) is 1. The molecule has 5 nitrogen and oxygen atoms in total. The van der Waals surface area contributed by atoms with Gasteiger partial charge in [0, 0.05) is 5.28 Å². The van der Waals surface area contributed by atoms with Gasteiger partial charge in [0.2, 0.25) is 0 Å². The number of hydrogen-bond acceptors (Lipinski definition) is 5. The Labute approximate surface area is 110 Å². The minimum atomic E-state index is -0.865. The molecule has 2 N–H and O–H groups in total. The summed E-state index contributed by atoms with van der Waals surface area (Å²) in [4.78, 5) is 16.3. The lowest BCUT2D eigenvalue weighted by Crippen LogP contribution is -2.22. The van der Waals surface area contributed by atoms with Gasteiger partial charge < -0.3 is 5.73 Å². The summed E-state index contributed by atoms with van der Waals surface area (Å²) in [6.07, 6.45) is 0. The van der Waals surface area contributed by atoms with Gasteiger partial charge in [0.05, 0.1) is 5.69 Å². The maximum absolute atomic E-state index is 11.6. The Morgan fingerprint density at radius 3 is 2.21 bits per heavy atom. The SMILES string of the molecule is NC(C(=O)ON=Nc1ccccc1)c1ccccc1. The minimum Gasteiger partial charge on any atom is -0.315 e. The molecule has 0 aromatic heterocycles. The fourth-order valence-corrected chi connectivity index (χ4v) is 1.46. The molecule has 0 spiro atoms. The van der Waals surface area contributed by atoms with E-state index < -0.39 is 12.0 Å². The third-order valence-corrected chi connectivity index (χ3v) is 2.46. The Morgan fingerprint density at radius 1 is 1.00 bits per heavy atom. The molecular formula is C14H13N3O2. The van der Waals surface area contributed by atoms with Crippen molar-refractivity contribution in [3.05, 3.63) is 66.2 Å². The second kappa shape index (κ2) is 6.42. The molecule has 0 saturated heterocycles. The van der Waals surface area contributed by atoms with Crippen LogP contribution in [-0.2, 0) is 9.63 Å². The van der Waals surface area contributed by atoms with Gasteiger partial charge in [-0.2, -0.15) is 0 Å². The van der Waals surface area contributed by atoms with Crippen molar-refractivity contribution in [2.24, 2.45) is 16.1 Å². The highest BCUT2D eigenvalue weighted by Crippen LogP contribution is 2.13. The van der Waals surface area contributed by atoms with E-state index in [2.05, 4.69) is 15.2 Å². The molecule has 0 bridgehead atoms. The van der Waals surface area contributed by atoms with Gasteiger partial charge in [0.15, 0.2) is 0 Å². The highest BCUT2D eigenvalue weighted by atomic mass is 16.7. The summed E-state index contributed by atoms with van der Waals surface area (Å²) in [6, 6.07) is 17.0. The maximum atomic E-state index is 11.6. The average molecular weight is 255 g/mol. The molecule has 0 radical (unpaired) electrons. The highest BCUT2D eigenvalue weighted by molar-refractivity contribution is 5.77. The molecule has 0 aliphatic carbocycles. The Bertz CT molecular complexity index is 555. The van der Waals surface area contributed by atoms with E-state index >= 15 is 0 Å². The second-order valence-electron chi connectivity index (χ2n) is 3.82. The van der Waals surface area contributed by atoms with Crippen LogP contribution >= 0.6 is 0 Å². The summed E-state index contributed by atoms with van der Waals surface area (Å²) in [6.45, 7) is 0. The van der Waals surface area contributed by atoms with E-state index in [9.17, 15) is 4.79 Å². The third kappa shape index (κ3) is 3.72. The molecule has 1 unspecified atom stereocenters.